The number of nitrogens with zero attached hydrogens (tertiary/aromatic N) is 2. The fourth-order valence-corrected chi connectivity index (χ4v) is 2.52. The molecule has 1 N–H and O–H groups in total. The Kier molecular flexibility index (Phi) is 4.17. The SMILES string of the molecule is Cc1ccc(NC(=O)c2cnn(-c3cccc(Cl)c3)c2C)cc1. The second-order valence-corrected chi connectivity index (χ2v) is 5.79. The summed E-state index contributed by atoms with van der Waals surface area (Å²) in [5.74, 6) is -0.181. The number of nitrogens with one attached hydrogen (secondary N) is 1. The van der Waals surface area contributed by atoms with Gasteiger partial charge in [0.25, 0.3) is 5.91 Å². The second kappa shape index (κ2) is 6.26. The van der Waals surface area contributed by atoms with E-state index < -0.39 is 0 Å². The highest BCUT2D eigenvalue weighted by Gasteiger charge is 2.15. The summed E-state index contributed by atoms with van der Waals surface area (Å²) in [7, 11) is 0. The van der Waals surface area contributed by atoms with E-state index in [1.54, 1.807) is 16.9 Å². The summed E-state index contributed by atoms with van der Waals surface area (Å²) in [5.41, 5.74) is 4.02. The van der Waals surface area contributed by atoms with Gasteiger partial charge in [-0.05, 0) is 44.2 Å². The lowest BCUT2D eigenvalue weighted by Gasteiger charge is -2.07. The molecule has 0 spiro atoms. The first kappa shape index (κ1) is 15.3. The lowest BCUT2D eigenvalue weighted by atomic mass is 10.2. The van der Waals surface area contributed by atoms with Gasteiger partial charge in [0.2, 0.25) is 0 Å². The van der Waals surface area contributed by atoms with Crippen molar-refractivity contribution in [3.63, 3.8) is 0 Å². The fourth-order valence-electron chi connectivity index (χ4n) is 2.34. The molecule has 3 rings (SSSR count). The predicted molar refractivity (Wildman–Crippen MR) is 92.4 cm³/mol. The Morgan fingerprint density at radius 2 is 1.87 bits per heavy atom. The minimum Gasteiger partial charge on any atom is -0.322 e. The number of amides is 1. The topological polar surface area (TPSA) is 46.9 Å². The van der Waals surface area contributed by atoms with Crippen molar-refractivity contribution in [2.75, 3.05) is 5.32 Å². The normalized spacial score (nSPS) is 10.6. The van der Waals surface area contributed by atoms with Crippen LogP contribution in [-0.4, -0.2) is 15.7 Å². The Morgan fingerprint density at radius 1 is 1.13 bits per heavy atom. The van der Waals surface area contributed by atoms with E-state index in [2.05, 4.69) is 10.4 Å². The zero-order valence-electron chi connectivity index (χ0n) is 12.9. The van der Waals surface area contributed by atoms with Crippen LogP contribution in [0.2, 0.25) is 5.02 Å². The molecular weight excluding hydrogens is 310 g/mol. The van der Waals surface area contributed by atoms with E-state index >= 15 is 0 Å². The molecule has 0 aliphatic carbocycles. The van der Waals surface area contributed by atoms with Gasteiger partial charge in [0.15, 0.2) is 0 Å². The van der Waals surface area contributed by atoms with Gasteiger partial charge in [-0.3, -0.25) is 4.79 Å². The van der Waals surface area contributed by atoms with Gasteiger partial charge in [0, 0.05) is 10.7 Å². The number of benzene rings is 2. The standard InChI is InChI=1S/C18H16ClN3O/c1-12-6-8-15(9-7-12)21-18(23)17-11-20-22(13(17)2)16-5-3-4-14(19)10-16/h3-11H,1-2H3,(H,21,23). The molecular formula is C18H16ClN3O. The van der Waals surface area contributed by atoms with Gasteiger partial charge in [0.1, 0.15) is 0 Å². The molecule has 5 heteroatoms. The second-order valence-electron chi connectivity index (χ2n) is 5.36. The maximum absolute atomic E-state index is 12.4. The van der Waals surface area contributed by atoms with E-state index in [1.807, 2.05) is 56.3 Å². The molecule has 1 aromatic heterocycles. The molecule has 0 atom stereocenters. The molecule has 0 saturated carbocycles. The van der Waals surface area contributed by atoms with Crippen molar-refractivity contribution in [3.05, 3.63) is 76.6 Å². The number of hydrogen-bond donors (Lipinski definition) is 1. The Hall–Kier alpha value is -2.59. The number of aryl methyl sites for hydroxylation is 1. The first-order chi connectivity index (χ1) is 11.0. The highest BCUT2D eigenvalue weighted by molar-refractivity contribution is 6.30. The summed E-state index contributed by atoms with van der Waals surface area (Å²) < 4.78 is 1.70. The van der Waals surface area contributed by atoms with Crippen LogP contribution >= 0.6 is 11.6 Å². The molecule has 0 aliphatic rings. The number of aromatic nitrogens is 2. The molecule has 0 unspecified atom stereocenters. The quantitative estimate of drug-likeness (QED) is 0.776. The monoisotopic (exact) mass is 325 g/mol. The van der Waals surface area contributed by atoms with E-state index in [9.17, 15) is 4.79 Å². The summed E-state index contributed by atoms with van der Waals surface area (Å²) in [5, 5.41) is 7.81. The van der Waals surface area contributed by atoms with Crippen LogP contribution in [0.5, 0.6) is 0 Å². The molecule has 0 aliphatic heterocycles. The van der Waals surface area contributed by atoms with Crippen LogP contribution in [0.1, 0.15) is 21.6 Å². The van der Waals surface area contributed by atoms with Gasteiger partial charge in [0.05, 0.1) is 23.1 Å². The van der Waals surface area contributed by atoms with Crippen LogP contribution in [0.4, 0.5) is 5.69 Å². The first-order valence-electron chi connectivity index (χ1n) is 7.23. The van der Waals surface area contributed by atoms with E-state index in [4.69, 9.17) is 11.6 Å². The zero-order valence-corrected chi connectivity index (χ0v) is 13.6. The Balaban J connectivity index is 1.86. The van der Waals surface area contributed by atoms with Gasteiger partial charge in [-0.1, -0.05) is 35.4 Å². The molecule has 2 aromatic carbocycles. The lowest BCUT2D eigenvalue weighted by molar-refractivity contribution is 0.102. The zero-order chi connectivity index (χ0) is 16.4. The number of carbonyl (C=O) groups excluding carboxylic acids is 1. The summed E-state index contributed by atoms with van der Waals surface area (Å²) in [6.45, 7) is 3.86. The van der Waals surface area contributed by atoms with Crippen molar-refractivity contribution in [1.82, 2.24) is 9.78 Å². The van der Waals surface area contributed by atoms with Crippen LogP contribution in [0.25, 0.3) is 5.69 Å². The number of hydrogen-bond acceptors (Lipinski definition) is 2. The summed E-state index contributed by atoms with van der Waals surface area (Å²) >= 11 is 6.02. The predicted octanol–water partition coefficient (Wildman–Crippen LogP) is 4.39. The first-order valence-corrected chi connectivity index (χ1v) is 7.61. The van der Waals surface area contributed by atoms with E-state index in [-0.39, 0.29) is 5.91 Å². The van der Waals surface area contributed by atoms with Crippen LogP contribution < -0.4 is 5.32 Å². The number of halogens is 1. The van der Waals surface area contributed by atoms with E-state index in [0.717, 1.165) is 22.6 Å². The third kappa shape index (κ3) is 3.27. The van der Waals surface area contributed by atoms with Gasteiger partial charge in [-0.25, -0.2) is 4.68 Å². The Labute approximate surface area is 139 Å². The Morgan fingerprint density at radius 3 is 2.57 bits per heavy atom. The Bertz CT molecular complexity index is 853. The number of anilines is 1. The van der Waals surface area contributed by atoms with Gasteiger partial charge >= 0.3 is 0 Å². The molecule has 0 bridgehead atoms. The van der Waals surface area contributed by atoms with Gasteiger partial charge in [-0.2, -0.15) is 5.10 Å². The average molecular weight is 326 g/mol. The molecule has 3 aromatic rings. The largest absolute Gasteiger partial charge is 0.322 e. The molecule has 0 radical (unpaired) electrons. The fraction of sp³-hybridized carbons (Fsp3) is 0.111. The van der Waals surface area contributed by atoms with Crippen LogP contribution in [-0.2, 0) is 0 Å². The minimum atomic E-state index is -0.181. The lowest BCUT2D eigenvalue weighted by Crippen LogP contribution is -2.13. The van der Waals surface area contributed by atoms with Crippen molar-refractivity contribution < 1.29 is 4.79 Å². The van der Waals surface area contributed by atoms with Crippen LogP contribution in [0.15, 0.2) is 54.7 Å². The summed E-state index contributed by atoms with van der Waals surface area (Å²) in [6, 6.07) is 15.0. The van der Waals surface area contributed by atoms with Crippen molar-refractivity contribution in [3.8, 4) is 5.69 Å². The van der Waals surface area contributed by atoms with Crippen molar-refractivity contribution in [1.29, 1.82) is 0 Å². The minimum absolute atomic E-state index is 0.181. The number of carbonyl (C=O) groups is 1. The van der Waals surface area contributed by atoms with Crippen molar-refractivity contribution in [2.45, 2.75) is 13.8 Å². The molecule has 0 fully saturated rings. The maximum Gasteiger partial charge on any atom is 0.259 e. The van der Waals surface area contributed by atoms with Crippen LogP contribution in [0, 0.1) is 13.8 Å². The van der Waals surface area contributed by atoms with E-state index in [0.29, 0.717) is 10.6 Å². The summed E-state index contributed by atoms with van der Waals surface area (Å²) in [4.78, 5) is 12.4. The van der Waals surface area contributed by atoms with Crippen molar-refractivity contribution >= 4 is 23.2 Å². The average Bonchev–Trinajstić information content (AvgIpc) is 2.91. The molecule has 116 valence electrons. The van der Waals surface area contributed by atoms with E-state index in [1.165, 1.54) is 0 Å². The number of rotatable bonds is 3. The highest BCUT2D eigenvalue weighted by atomic mass is 35.5. The third-order valence-corrected chi connectivity index (χ3v) is 3.85. The highest BCUT2D eigenvalue weighted by Crippen LogP contribution is 2.19. The maximum atomic E-state index is 12.4. The molecule has 0 saturated heterocycles. The smallest absolute Gasteiger partial charge is 0.259 e. The van der Waals surface area contributed by atoms with Gasteiger partial charge in [-0.15, -0.1) is 0 Å². The third-order valence-electron chi connectivity index (χ3n) is 3.62. The molecule has 1 amide bonds. The molecule has 1 heterocycles. The van der Waals surface area contributed by atoms with Crippen LogP contribution in [0.3, 0.4) is 0 Å². The summed E-state index contributed by atoms with van der Waals surface area (Å²) in [6.07, 6.45) is 1.57. The van der Waals surface area contributed by atoms with Crippen molar-refractivity contribution in [2.24, 2.45) is 0 Å². The van der Waals surface area contributed by atoms with Gasteiger partial charge < -0.3 is 5.32 Å². The molecule has 23 heavy (non-hydrogen) atoms. The molecule has 4 nitrogen and oxygen atoms in total.